The van der Waals surface area contributed by atoms with Crippen LogP contribution in [0.25, 0.3) is 0 Å². The van der Waals surface area contributed by atoms with E-state index in [-0.39, 0.29) is 18.0 Å². The minimum absolute atomic E-state index is 0.0679. The number of esters is 2. The average molecular weight is 549 g/mol. The first-order chi connectivity index (χ1) is 18.2. The van der Waals surface area contributed by atoms with Crippen LogP contribution in [0.4, 0.5) is 0 Å². The van der Waals surface area contributed by atoms with E-state index in [0.29, 0.717) is 25.0 Å². The number of likely N-dealkylation sites (tertiary alicyclic amines) is 1. The summed E-state index contributed by atoms with van der Waals surface area (Å²) >= 11 is 0. The second kappa shape index (κ2) is 14.7. The van der Waals surface area contributed by atoms with Crippen molar-refractivity contribution in [3.05, 3.63) is 35.9 Å². The number of amides is 1. The van der Waals surface area contributed by atoms with Gasteiger partial charge in [0.2, 0.25) is 13.0 Å². The number of unbranched alkanes of at least 4 members (excludes halogenated alkanes) is 1. The maximum Gasteiger partial charge on any atom is 0.348 e. The van der Waals surface area contributed by atoms with Gasteiger partial charge < -0.3 is 19.5 Å². The van der Waals surface area contributed by atoms with Crippen molar-refractivity contribution in [2.45, 2.75) is 77.7 Å². The monoisotopic (exact) mass is 548 g/mol. The Morgan fingerprint density at radius 3 is 2.42 bits per heavy atom. The van der Waals surface area contributed by atoms with E-state index in [1.54, 1.807) is 4.90 Å². The van der Waals surface area contributed by atoms with Crippen LogP contribution in [0, 0.1) is 17.3 Å². The molecule has 210 valence electrons. The third kappa shape index (κ3) is 8.88. The third-order valence-electron chi connectivity index (χ3n) is 7.86. The van der Waals surface area contributed by atoms with E-state index < -0.39 is 44.6 Å². The number of ether oxygens (including phenoxy) is 2. The quantitative estimate of drug-likeness (QED) is 0.165. The van der Waals surface area contributed by atoms with E-state index in [1.165, 1.54) is 25.8 Å². The van der Waals surface area contributed by atoms with Crippen molar-refractivity contribution in [1.29, 1.82) is 0 Å². The number of aryl methyl sites for hydroxylation is 1. The molecule has 9 heteroatoms. The van der Waals surface area contributed by atoms with Crippen LogP contribution in [0.5, 0.6) is 0 Å². The van der Waals surface area contributed by atoms with Crippen LogP contribution in [0.3, 0.4) is 0 Å². The Morgan fingerprint density at radius 1 is 1.03 bits per heavy atom. The highest BCUT2D eigenvalue weighted by Gasteiger charge is 2.44. The number of aliphatic hydroxyl groups excluding tert-OH is 1. The molecule has 1 saturated heterocycles. The first-order valence-corrected chi connectivity index (χ1v) is 15.5. The molecule has 1 saturated carbocycles. The SMILES string of the molecule is CC(C)(CO)C(=O)OCOC(=O)[C@@H]1C[C@@H](C2CCCCC2)CN1C(=O)C[P+](=O)CCCCc1ccccc1. The molecule has 1 heterocycles. The van der Waals surface area contributed by atoms with Crippen LogP contribution in [0.2, 0.25) is 0 Å². The first-order valence-electron chi connectivity index (χ1n) is 13.9. The number of rotatable bonds is 13. The summed E-state index contributed by atoms with van der Waals surface area (Å²) in [5.41, 5.74) is 0.150. The molecule has 3 rings (SSSR count). The van der Waals surface area contributed by atoms with Crippen LogP contribution in [-0.4, -0.2) is 66.2 Å². The summed E-state index contributed by atoms with van der Waals surface area (Å²) in [6.45, 7) is 2.58. The van der Waals surface area contributed by atoms with E-state index in [4.69, 9.17) is 9.47 Å². The lowest BCUT2D eigenvalue weighted by atomic mass is 9.79. The molecule has 0 radical (unpaired) electrons. The summed E-state index contributed by atoms with van der Waals surface area (Å²) in [5.74, 6) is -0.878. The Bertz CT molecular complexity index is 946. The van der Waals surface area contributed by atoms with Crippen LogP contribution in [0.1, 0.15) is 70.8 Å². The fourth-order valence-electron chi connectivity index (χ4n) is 5.39. The number of carbonyl (C=O) groups excluding carboxylic acids is 3. The Labute approximate surface area is 227 Å². The minimum Gasteiger partial charge on any atom is -0.427 e. The predicted molar refractivity (Wildman–Crippen MR) is 145 cm³/mol. The van der Waals surface area contributed by atoms with Gasteiger partial charge in [-0.05, 0) is 56.9 Å². The number of nitrogens with zero attached hydrogens (tertiary/aromatic N) is 1. The second-order valence-corrected chi connectivity index (χ2v) is 13.0. The molecule has 2 aliphatic rings. The molecule has 0 aromatic heterocycles. The van der Waals surface area contributed by atoms with Gasteiger partial charge >= 0.3 is 19.7 Å². The Hall–Kier alpha value is -2.31. The highest BCUT2D eigenvalue weighted by Crippen LogP contribution is 2.38. The molecular formula is C29H43NO7P+. The lowest BCUT2D eigenvalue weighted by Crippen LogP contribution is -2.43. The van der Waals surface area contributed by atoms with E-state index in [9.17, 15) is 24.1 Å². The first kappa shape index (κ1) is 30.2. The van der Waals surface area contributed by atoms with Crippen molar-refractivity contribution < 1.29 is 33.5 Å². The van der Waals surface area contributed by atoms with Gasteiger partial charge in [0.1, 0.15) is 12.2 Å². The number of carbonyl (C=O) groups is 3. The molecule has 8 nitrogen and oxygen atoms in total. The molecule has 1 aromatic carbocycles. The van der Waals surface area contributed by atoms with E-state index >= 15 is 0 Å². The van der Waals surface area contributed by atoms with Gasteiger partial charge in [-0.2, -0.15) is 0 Å². The van der Waals surface area contributed by atoms with Crippen LogP contribution in [-0.2, 0) is 34.8 Å². The van der Waals surface area contributed by atoms with Gasteiger partial charge in [0, 0.05) is 6.54 Å². The molecule has 0 spiro atoms. The zero-order valence-corrected chi connectivity index (χ0v) is 23.7. The summed E-state index contributed by atoms with van der Waals surface area (Å²) in [7, 11) is -1.70. The summed E-state index contributed by atoms with van der Waals surface area (Å²) < 4.78 is 23.0. The molecule has 2 fully saturated rings. The fourth-order valence-corrected chi connectivity index (χ4v) is 6.61. The lowest BCUT2D eigenvalue weighted by molar-refractivity contribution is -0.178. The van der Waals surface area contributed by atoms with Gasteiger partial charge in [0.25, 0.3) is 5.91 Å². The standard InChI is InChI=1S/C29H43NO7P/c1-29(2,20-31)28(34)37-21-36-27(33)25-17-24(23-14-7-4-8-15-23)18-30(25)26(32)19-38(35)16-10-9-13-22-11-5-3-6-12-22/h3,5-6,11-12,23-25,31H,4,7-10,13-21H2,1-2H3/q+1/t24-,25+/m1/s1. The van der Waals surface area contributed by atoms with Crippen LogP contribution < -0.4 is 0 Å². The molecule has 0 bridgehead atoms. The minimum atomic E-state index is -1.70. The normalized spacial score (nSPS) is 20.7. The number of hydrogen-bond acceptors (Lipinski definition) is 7. The van der Waals surface area contributed by atoms with E-state index in [1.807, 2.05) is 18.2 Å². The lowest BCUT2D eigenvalue weighted by Gasteiger charge is -2.27. The van der Waals surface area contributed by atoms with E-state index in [2.05, 4.69) is 12.1 Å². The number of aliphatic hydroxyl groups is 1. The van der Waals surface area contributed by atoms with Crippen molar-refractivity contribution in [3.8, 4) is 0 Å². The van der Waals surface area contributed by atoms with Crippen molar-refractivity contribution in [3.63, 3.8) is 0 Å². The Balaban J connectivity index is 1.53. The highest BCUT2D eigenvalue weighted by atomic mass is 31.1. The zero-order valence-electron chi connectivity index (χ0n) is 22.8. The molecule has 1 aliphatic heterocycles. The van der Waals surface area contributed by atoms with Gasteiger partial charge in [0.15, 0.2) is 0 Å². The zero-order chi connectivity index (χ0) is 27.5. The van der Waals surface area contributed by atoms with Gasteiger partial charge in [-0.3, -0.25) is 9.59 Å². The topological polar surface area (TPSA) is 110 Å². The van der Waals surface area contributed by atoms with Gasteiger partial charge in [-0.25, -0.2) is 4.79 Å². The van der Waals surface area contributed by atoms with Crippen molar-refractivity contribution in [2.24, 2.45) is 17.3 Å². The predicted octanol–water partition coefficient (Wildman–Crippen LogP) is 4.70. The molecule has 1 unspecified atom stereocenters. The van der Waals surface area contributed by atoms with E-state index in [0.717, 1.165) is 44.9 Å². The summed E-state index contributed by atoms with van der Waals surface area (Å²) in [6, 6.07) is 9.39. The summed E-state index contributed by atoms with van der Waals surface area (Å²) in [6.07, 6.45) is 9.27. The maximum absolute atomic E-state index is 13.2. The fraction of sp³-hybridized carbons (Fsp3) is 0.690. The van der Waals surface area contributed by atoms with Gasteiger partial charge in [0.05, 0.1) is 12.0 Å². The number of benzene rings is 1. The molecular weight excluding hydrogens is 505 g/mol. The smallest absolute Gasteiger partial charge is 0.348 e. The van der Waals surface area contributed by atoms with Gasteiger partial charge in [-0.1, -0.05) is 67.0 Å². The summed E-state index contributed by atoms with van der Waals surface area (Å²) in [4.78, 5) is 39.8. The Morgan fingerprint density at radius 2 is 1.74 bits per heavy atom. The summed E-state index contributed by atoms with van der Waals surface area (Å²) in [5, 5.41) is 9.31. The van der Waals surface area contributed by atoms with Gasteiger partial charge in [-0.15, -0.1) is 0 Å². The van der Waals surface area contributed by atoms with Crippen LogP contribution in [0.15, 0.2) is 30.3 Å². The molecule has 3 atom stereocenters. The average Bonchev–Trinajstić information content (AvgIpc) is 3.38. The molecule has 38 heavy (non-hydrogen) atoms. The third-order valence-corrected chi connectivity index (χ3v) is 9.30. The maximum atomic E-state index is 13.2. The van der Waals surface area contributed by atoms with Crippen LogP contribution >= 0.6 is 7.80 Å². The number of hydrogen-bond donors (Lipinski definition) is 1. The molecule has 1 aliphatic carbocycles. The van der Waals surface area contributed by atoms with Crippen molar-refractivity contribution >= 4 is 25.6 Å². The van der Waals surface area contributed by atoms with Crippen molar-refractivity contribution in [2.75, 3.05) is 32.3 Å². The molecule has 1 aromatic rings. The molecule has 1 N–H and O–H groups in total. The Kier molecular flexibility index (Phi) is 11.7. The molecule has 1 amide bonds. The second-order valence-electron chi connectivity index (χ2n) is 11.3. The highest BCUT2D eigenvalue weighted by molar-refractivity contribution is 7.45. The largest absolute Gasteiger partial charge is 0.427 e. The van der Waals surface area contributed by atoms with Crippen molar-refractivity contribution in [1.82, 2.24) is 4.90 Å².